The summed E-state index contributed by atoms with van der Waals surface area (Å²) in [5, 5.41) is 10.6. The summed E-state index contributed by atoms with van der Waals surface area (Å²) < 4.78 is 7.69. The fourth-order valence-corrected chi connectivity index (χ4v) is 4.96. The summed E-state index contributed by atoms with van der Waals surface area (Å²) in [5.74, 6) is 1.89. The Labute approximate surface area is 208 Å². The number of aromatic nitrogens is 4. The molecule has 3 heterocycles. The van der Waals surface area contributed by atoms with Crippen LogP contribution in [-0.2, 0) is 0 Å². The van der Waals surface area contributed by atoms with Crippen molar-refractivity contribution in [3.8, 4) is 17.0 Å². The molecule has 1 fully saturated rings. The first-order valence-corrected chi connectivity index (χ1v) is 12.2. The summed E-state index contributed by atoms with van der Waals surface area (Å²) >= 11 is 6.26. The largest absolute Gasteiger partial charge is 0.492 e. The fraction of sp³-hybridized carbons (Fsp3) is 0.222. The first-order valence-electron chi connectivity index (χ1n) is 11.8. The van der Waals surface area contributed by atoms with Crippen molar-refractivity contribution in [2.24, 2.45) is 0 Å². The van der Waals surface area contributed by atoms with Gasteiger partial charge >= 0.3 is 0 Å². The maximum absolute atomic E-state index is 6.26. The van der Waals surface area contributed by atoms with Crippen molar-refractivity contribution in [1.29, 1.82) is 0 Å². The van der Waals surface area contributed by atoms with E-state index in [0.717, 1.165) is 71.2 Å². The molecule has 0 radical (unpaired) electrons. The van der Waals surface area contributed by atoms with Gasteiger partial charge in [0.2, 0.25) is 0 Å². The average Bonchev–Trinajstić information content (AvgIpc) is 3.33. The van der Waals surface area contributed by atoms with Crippen LogP contribution in [0, 0.1) is 0 Å². The predicted octanol–water partition coefficient (Wildman–Crippen LogP) is 5.32. The van der Waals surface area contributed by atoms with E-state index in [-0.39, 0.29) is 0 Å². The molecular formula is C27H25ClN6O. The van der Waals surface area contributed by atoms with E-state index in [1.165, 1.54) is 0 Å². The molecule has 2 aromatic heterocycles. The zero-order valence-electron chi connectivity index (χ0n) is 19.4. The Morgan fingerprint density at radius 2 is 1.66 bits per heavy atom. The van der Waals surface area contributed by atoms with Gasteiger partial charge in [-0.25, -0.2) is 4.98 Å². The number of anilines is 2. The van der Waals surface area contributed by atoms with Gasteiger partial charge in [0.15, 0.2) is 5.65 Å². The van der Waals surface area contributed by atoms with Crippen molar-refractivity contribution in [2.45, 2.75) is 6.92 Å². The standard InChI is InChI=1S/C27H25ClN6O/c1-2-35-24-13-6-5-12-23(24)32-14-16-33(17-15-32)26-21-10-3-4-11-22(21)34-27(29-26)25(30-31-34)19-8-7-9-20(28)18-19/h3-13,18H,2,14-17H2,1H3. The first-order chi connectivity index (χ1) is 17.2. The smallest absolute Gasteiger partial charge is 0.186 e. The minimum Gasteiger partial charge on any atom is -0.492 e. The van der Waals surface area contributed by atoms with Gasteiger partial charge in [-0.1, -0.05) is 53.2 Å². The van der Waals surface area contributed by atoms with Gasteiger partial charge in [0.1, 0.15) is 17.3 Å². The highest BCUT2D eigenvalue weighted by molar-refractivity contribution is 6.30. The Hall–Kier alpha value is -3.84. The third-order valence-electron chi connectivity index (χ3n) is 6.41. The lowest BCUT2D eigenvalue weighted by atomic mass is 10.1. The first kappa shape index (κ1) is 21.7. The molecule has 0 amide bonds. The molecule has 35 heavy (non-hydrogen) atoms. The Morgan fingerprint density at radius 1 is 0.886 bits per heavy atom. The molecule has 3 aromatic carbocycles. The second-order valence-electron chi connectivity index (χ2n) is 8.51. The van der Waals surface area contributed by atoms with Gasteiger partial charge < -0.3 is 14.5 Å². The van der Waals surface area contributed by atoms with Crippen LogP contribution in [0.1, 0.15) is 6.92 Å². The van der Waals surface area contributed by atoms with Crippen LogP contribution in [0.2, 0.25) is 5.02 Å². The van der Waals surface area contributed by atoms with E-state index in [2.05, 4.69) is 44.4 Å². The van der Waals surface area contributed by atoms with Gasteiger partial charge in [-0.15, -0.1) is 5.10 Å². The summed E-state index contributed by atoms with van der Waals surface area (Å²) in [6.07, 6.45) is 0. The average molecular weight is 485 g/mol. The Balaban J connectivity index is 1.38. The van der Waals surface area contributed by atoms with Crippen molar-refractivity contribution >= 4 is 39.7 Å². The molecule has 8 heteroatoms. The van der Waals surface area contributed by atoms with Gasteiger partial charge in [-0.2, -0.15) is 4.52 Å². The number of para-hydroxylation sites is 3. The number of fused-ring (bicyclic) bond motifs is 3. The molecule has 1 aliphatic rings. The third-order valence-corrected chi connectivity index (χ3v) is 6.65. The minimum absolute atomic E-state index is 0.654. The van der Waals surface area contributed by atoms with E-state index in [0.29, 0.717) is 11.6 Å². The molecule has 0 spiro atoms. The minimum atomic E-state index is 0.654. The molecule has 1 aliphatic heterocycles. The molecule has 5 aromatic rings. The van der Waals surface area contributed by atoms with Gasteiger partial charge in [0.25, 0.3) is 0 Å². The molecular weight excluding hydrogens is 460 g/mol. The van der Waals surface area contributed by atoms with E-state index >= 15 is 0 Å². The zero-order valence-corrected chi connectivity index (χ0v) is 20.2. The SMILES string of the molecule is CCOc1ccccc1N1CCN(c2nc3c(-c4cccc(Cl)c4)nnn3c3ccccc23)CC1. The fourth-order valence-electron chi connectivity index (χ4n) is 4.77. The molecule has 0 bridgehead atoms. The number of rotatable bonds is 5. The van der Waals surface area contributed by atoms with Crippen LogP contribution in [0.5, 0.6) is 5.75 Å². The van der Waals surface area contributed by atoms with Crippen LogP contribution in [0.25, 0.3) is 27.8 Å². The Bertz CT molecular complexity index is 1510. The van der Waals surface area contributed by atoms with Gasteiger partial charge in [-0.05, 0) is 43.3 Å². The maximum Gasteiger partial charge on any atom is 0.186 e. The number of piperazine rings is 1. The van der Waals surface area contributed by atoms with Crippen LogP contribution < -0.4 is 14.5 Å². The van der Waals surface area contributed by atoms with E-state index in [4.69, 9.17) is 21.3 Å². The van der Waals surface area contributed by atoms with Gasteiger partial charge in [-0.3, -0.25) is 0 Å². The molecule has 1 saturated heterocycles. The number of halogens is 1. The van der Waals surface area contributed by atoms with Crippen molar-refractivity contribution in [3.05, 3.63) is 77.8 Å². The van der Waals surface area contributed by atoms with Gasteiger partial charge in [0.05, 0.1) is 17.8 Å². The lowest BCUT2D eigenvalue weighted by molar-refractivity contribution is 0.340. The summed E-state index contributed by atoms with van der Waals surface area (Å²) in [7, 11) is 0. The van der Waals surface area contributed by atoms with Crippen LogP contribution in [0.3, 0.4) is 0 Å². The summed E-state index contributed by atoms with van der Waals surface area (Å²) in [4.78, 5) is 9.86. The van der Waals surface area contributed by atoms with Crippen molar-refractivity contribution in [1.82, 2.24) is 19.8 Å². The molecule has 0 aliphatic carbocycles. The number of ether oxygens (including phenoxy) is 1. The number of hydrogen-bond donors (Lipinski definition) is 0. The Kier molecular flexibility index (Phi) is 5.62. The van der Waals surface area contributed by atoms with Crippen LogP contribution in [0.4, 0.5) is 11.5 Å². The van der Waals surface area contributed by atoms with E-state index in [1.54, 1.807) is 0 Å². The topological polar surface area (TPSA) is 58.8 Å². The summed E-state index contributed by atoms with van der Waals surface area (Å²) in [5.41, 5.74) is 4.48. The van der Waals surface area contributed by atoms with Crippen molar-refractivity contribution < 1.29 is 4.74 Å². The third kappa shape index (κ3) is 3.91. The number of hydrogen-bond acceptors (Lipinski definition) is 6. The molecule has 6 rings (SSSR count). The number of benzene rings is 3. The van der Waals surface area contributed by atoms with E-state index in [1.807, 2.05) is 60.0 Å². The molecule has 0 saturated carbocycles. The highest BCUT2D eigenvalue weighted by atomic mass is 35.5. The predicted molar refractivity (Wildman–Crippen MR) is 141 cm³/mol. The van der Waals surface area contributed by atoms with Crippen LogP contribution in [0.15, 0.2) is 72.8 Å². The summed E-state index contributed by atoms with van der Waals surface area (Å²) in [6.45, 7) is 6.13. The van der Waals surface area contributed by atoms with E-state index in [9.17, 15) is 0 Å². The van der Waals surface area contributed by atoms with Gasteiger partial charge in [0, 0.05) is 42.2 Å². The van der Waals surface area contributed by atoms with Crippen molar-refractivity contribution in [2.75, 3.05) is 42.6 Å². The second kappa shape index (κ2) is 9.07. The molecule has 176 valence electrons. The molecule has 0 unspecified atom stereocenters. The monoisotopic (exact) mass is 484 g/mol. The second-order valence-corrected chi connectivity index (χ2v) is 8.95. The zero-order chi connectivity index (χ0) is 23.8. The molecule has 0 N–H and O–H groups in total. The normalized spacial score (nSPS) is 14.1. The maximum atomic E-state index is 6.26. The van der Waals surface area contributed by atoms with E-state index < -0.39 is 0 Å². The van der Waals surface area contributed by atoms with Crippen molar-refractivity contribution in [3.63, 3.8) is 0 Å². The quantitative estimate of drug-likeness (QED) is 0.336. The molecule has 0 atom stereocenters. The van der Waals surface area contributed by atoms with Crippen LogP contribution >= 0.6 is 11.6 Å². The summed E-state index contributed by atoms with van der Waals surface area (Å²) in [6, 6.07) is 24.2. The molecule has 7 nitrogen and oxygen atoms in total. The lowest BCUT2D eigenvalue weighted by Gasteiger charge is -2.37. The highest BCUT2D eigenvalue weighted by Gasteiger charge is 2.24. The Morgan fingerprint density at radius 3 is 2.49 bits per heavy atom. The highest BCUT2D eigenvalue weighted by Crippen LogP contribution is 2.33. The lowest BCUT2D eigenvalue weighted by Crippen LogP contribution is -2.47. The van der Waals surface area contributed by atoms with Crippen LogP contribution in [-0.4, -0.2) is 52.6 Å². The number of nitrogens with zero attached hydrogens (tertiary/aromatic N) is 6.